The molecule has 0 spiro atoms. The van der Waals surface area contributed by atoms with Crippen molar-refractivity contribution in [1.29, 1.82) is 0 Å². The number of rotatable bonds is 6. The summed E-state index contributed by atoms with van der Waals surface area (Å²) in [5.74, 6) is -1.34. The zero-order valence-corrected chi connectivity index (χ0v) is 17.8. The summed E-state index contributed by atoms with van der Waals surface area (Å²) in [6.45, 7) is 0.170. The van der Waals surface area contributed by atoms with Crippen LogP contribution < -0.4 is 5.32 Å². The molecule has 0 aliphatic rings. The Labute approximate surface area is 190 Å². The number of carbonyl (C=O) groups is 2. The predicted molar refractivity (Wildman–Crippen MR) is 119 cm³/mol. The molecule has 0 atom stereocenters. The van der Waals surface area contributed by atoms with Gasteiger partial charge in [-0.3, -0.25) is 4.79 Å². The van der Waals surface area contributed by atoms with Gasteiger partial charge in [-0.25, -0.2) is 9.78 Å². The average Bonchev–Trinajstić information content (AvgIpc) is 3.18. The third-order valence-corrected chi connectivity index (χ3v) is 5.97. The maximum atomic E-state index is 13.4. The summed E-state index contributed by atoms with van der Waals surface area (Å²) in [7, 11) is 0. The van der Waals surface area contributed by atoms with E-state index in [1.807, 2.05) is 0 Å². The summed E-state index contributed by atoms with van der Waals surface area (Å²) in [6.07, 6.45) is -4.46. The van der Waals surface area contributed by atoms with Crippen LogP contribution in [0.15, 0.2) is 66.7 Å². The van der Waals surface area contributed by atoms with Gasteiger partial charge < -0.3 is 10.4 Å². The molecule has 0 fully saturated rings. The number of carboxylic acid groups (broad SMARTS) is 1. The van der Waals surface area contributed by atoms with E-state index in [0.29, 0.717) is 26.4 Å². The van der Waals surface area contributed by atoms with E-state index >= 15 is 0 Å². The van der Waals surface area contributed by atoms with Crippen LogP contribution in [0.1, 0.15) is 26.5 Å². The van der Waals surface area contributed by atoms with Gasteiger partial charge in [-0.1, -0.05) is 36.4 Å². The summed E-state index contributed by atoms with van der Waals surface area (Å²) in [4.78, 5) is 27.8. The van der Waals surface area contributed by atoms with Crippen LogP contribution in [0.2, 0.25) is 0 Å². The minimum atomic E-state index is -4.47. The molecule has 1 amide bonds. The third kappa shape index (κ3) is 5.20. The highest BCUT2D eigenvalue weighted by Crippen LogP contribution is 2.38. The molecule has 0 radical (unpaired) electrons. The molecule has 0 aliphatic heterocycles. The highest BCUT2D eigenvalue weighted by molar-refractivity contribution is 7.18. The topological polar surface area (TPSA) is 79.3 Å². The molecule has 168 valence electrons. The first kappa shape index (κ1) is 22.5. The van der Waals surface area contributed by atoms with Crippen molar-refractivity contribution in [3.8, 4) is 11.1 Å². The second-order valence-electron chi connectivity index (χ2n) is 7.29. The quantitative estimate of drug-likeness (QED) is 0.388. The van der Waals surface area contributed by atoms with E-state index in [9.17, 15) is 22.8 Å². The zero-order valence-electron chi connectivity index (χ0n) is 17.0. The van der Waals surface area contributed by atoms with E-state index in [4.69, 9.17) is 5.11 Å². The second-order valence-corrected chi connectivity index (χ2v) is 8.41. The Kier molecular flexibility index (Phi) is 6.15. The number of alkyl halides is 3. The monoisotopic (exact) mass is 470 g/mol. The maximum Gasteiger partial charge on any atom is 0.417 e. The molecule has 0 bridgehead atoms. The third-order valence-electron chi connectivity index (χ3n) is 4.95. The highest BCUT2D eigenvalue weighted by atomic mass is 32.1. The van der Waals surface area contributed by atoms with Gasteiger partial charge in [0, 0.05) is 6.54 Å². The number of benzene rings is 3. The smallest absolute Gasteiger partial charge is 0.417 e. The van der Waals surface area contributed by atoms with E-state index in [0.717, 1.165) is 6.07 Å². The highest BCUT2D eigenvalue weighted by Gasteiger charge is 2.33. The second kappa shape index (κ2) is 9.03. The van der Waals surface area contributed by atoms with Gasteiger partial charge in [0.1, 0.15) is 5.01 Å². The number of hydrogen-bond donors (Lipinski definition) is 2. The van der Waals surface area contributed by atoms with Gasteiger partial charge in [0.05, 0.1) is 27.8 Å². The van der Waals surface area contributed by atoms with Crippen molar-refractivity contribution < 1.29 is 27.9 Å². The molecule has 2 N–H and O–H groups in total. The standard InChI is InChI=1S/C24H17F3N2O3S/c25-24(26,27)18-7-2-1-6-17(18)15-8-9-19-20(11-15)33-22(29-19)12-21(30)28-13-14-4-3-5-16(10-14)23(31)32/h1-11H,12-13H2,(H,28,30)(H,31,32). The minimum absolute atomic E-state index is 0.00639. The number of amides is 1. The first-order valence-corrected chi connectivity index (χ1v) is 10.7. The molecule has 0 aliphatic carbocycles. The zero-order chi connectivity index (χ0) is 23.6. The Bertz CT molecular complexity index is 1350. The molecule has 9 heteroatoms. The first-order valence-electron chi connectivity index (χ1n) is 9.86. The summed E-state index contributed by atoms with van der Waals surface area (Å²) >= 11 is 1.24. The van der Waals surface area contributed by atoms with Crippen molar-refractivity contribution in [3.05, 3.63) is 88.4 Å². The number of carboxylic acids is 1. The average molecular weight is 470 g/mol. The molecule has 33 heavy (non-hydrogen) atoms. The summed E-state index contributed by atoms with van der Waals surface area (Å²) in [6, 6.07) is 16.5. The van der Waals surface area contributed by atoms with E-state index in [1.54, 1.807) is 36.4 Å². The Morgan fingerprint density at radius 2 is 1.79 bits per heavy atom. The van der Waals surface area contributed by atoms with E-state index in [1.165, 1.54) is 35.6 Å². The molecule has 4 aromatic rings. The molecular weight excluding hydrogens is 453 g/mol. The number of aromatic carboxylic acids is 1. The van der Waals surface area contributed by atoms with Crippen LogP contribution in [0, 0.1) is 0 Å². The van der Waals surface area contributed by atoms with Gasteiger partial charge in [0.2, 0.25) is 5.91 Å². The Morgan fingerprint density at radius 1 is 1.00 bits per heavy atom. The van der Waals surface area contributed by atoms with Crippen LogP contribution in [0.5, 0.6) is 0 Å². The van der Waals surface area contributed by atoms with Crippen molar-refractivity contribution >= 4 is 33.4 Å². The van der Waals surface area contributed by atoms with Crippen molar-refractivity contribution in [2.45, 2.75) is 19.1 Å². The number of nitrogens with zero attached hydrogens (tertiary/aromatic N) is 1. The lowest BCUT2D eigenvalue weighted by Gasteiger charge is -2.12. The van der Waals surface area contributed by atoms with Gasteiger partial charge in [-0.15, -0.1) is 11.3 Å². The molecule has 3 aromatic carbocycles. The van der Waals surface area contributed by atoms with Gasteiger partial charge in [0.25, 0.3) is 0 Å². The SMILES string of the molecule is O=C(Cc1nc2ccc(-c3ccccc3C(F)(F)F)cc2s1)NCc1cccc(C(=O)O)c1. The van der Waals surface area contributed by atoms with Crippen LogP contribution >= 0.6 is 11.3 Å². The number of hydrogen-bond acceptors (Lipinski definition) is 4. The van der Waals surface area contributed by atoms with Crippen LogP contribution in [0.4, 0.5) is 13.2 Å². The van der Waals surface area contributed by atoms with Crippen molar-refractivity contribution in [3.63, 3.8) is 0 Å². The Balaban J connectivity index is 1.49. The fourth-order valence-electron chi connectivity index (χ4n) is 3.41. The van der Waals surface area contributed by atoms with Crippen LogP contribution in [-0.4, -0.2) is 22.0 Å². The largest absolute Gasteiger partial charge is 0.478 e. The van der Waals surface area contributed by atoms with E-state index in [2.05, 4.69) is 10.3 Å². The van der Waals surface area contributed by atoms with E-state index < -0.39 is 17.7 Å². The molecule has 0 saturated heterocycles. The molecule has 0 unspecified atom stereocenters. The lowest BCUT2D eigenvalue weighted by atomic mass is 9.99. The molecule has 1 aromatic heterocycles. The lowest BCUT2D eigenvalue weighted by molar-refractivity contribution is -0.137. The van der Waals surface area contributed by atoms with Crippen molar-refractivity contribution in [2.24, 2.45) is 0 Å². The number of thiazole rings is 1. The summed E-state index contributed by atoms with van der Waals surface area (Å²) < 4.78 is 40.8. The number of fused-ring (bicyclic) bond motifs is 1. The van der Waals surface area contributed by atoms with Gasteiger partial charge in [-0.2, -0.15) is 13.2 Å². The van der Waals surface area contributed by atoms with Crippen molar-refractivity contribution in [1.82, 2.24) is 10.3 Å². The molecule has 4 rings (SSSR count). The normalized spacial score (nSPS) is 11.5. The number of carbonyl (C=O) groups excluding carboxylic acids is 1. The first-order chi connectivity index (χ1) is 15.7. The van der Waals surface area contributed by atoms with Crippen LogP contribution in [-0.2, 0) is 23.9 Å². The summed E-state index contributed by atoms with van der Waals surface area (Å²) in [5, 5.41) is 12.3. The number of halogens is 3. The Hall–Kier alpha value is -3.72. The molecule has 0 saturated carbocycles. The van der Waals surface area contributed by atoms with Crippen LogP contribution in [0.3, 0.4) is 0 Å². The fraction of sp³-hybridized carbons (Fsp3) is 0.125. The fourth-order valence-corrected chi connectivity index (χ4v) is 4.42. The lowest BCUT2D eigenvalue weighted by Crippen LogP contribution is -2.24. The van der Waals surface area contributed by atoms with Gasteiger partial charge in [0.15, 0.2) is 0 Å². The minimum Gasteiger partial charge on any atom is -0.478 e. The molecule has 1 heterocycles. The molecular formula is C24H17F3N2O3S. The maximum absolute atomic E-state index is 13.4. The van der Waals surface area contributed by atoms with Crippen molar-refractivity contribution in [2.75, 3.05) is 0 Å². The predicted octanol–water partition coefficient (Wildman–Crippen LogP) is 5.54. The number of aromatic nitrogens is 1. The van der Waals surface area contributed by atoms with Gasteiger partial charge >= 0.3 is 12.1 Å². The van der Waals surface area contributed by atoms with Gasteiger partial charge in [-0.05, 0) is 47.0 Å². The van der Waals surface area contributed by atoms with E-state index in [-0.39, 0.29) is 30.0 Å². The summed E-state index contributed by atoms with van der Waals surface area (Å²) in [5.41, 5.74) is 1.19. The molecule has 5 nitrogen and oxygen atoms in total. The number of nitrogens with one attached hydrogen (secondary N) is 1. The Morgan fingerprint density at radius 3 is 2.55 bits per heavy atom. The van der Waals surface area contributed by atoms with Crippen LogP contribution in [0.25, 0.3) is 21.3 Å².